The number of aromatic nitrogens is 1. The predicted molar refractivity (Wildman–Crippen MR) is 72.8 cm³/mol. The molecule has 0 fully saturated rings. The number of hydrogen-bond acceptors (Lipinski definition) is 5. The van der Waals surface area contributed by atoms with Crippen LogP contribution < -0.4 is 4.72 Å². The summed E-state index contributed by atoms with van der Waals surface area (Å²) in [5, 5.41) is 11.0. The van der Waals surface area contributed by atoms with E-state index in [1.807, 2.05) is 0 Å². The van der Waals surface area contributed by atoms with Gasteiger partial charge in [-0.25, -0.2) is 13.4 Å². The number of nitro groups is 1. The molecule has 0 saturated carbocycles. The van der Waals surface area contributed by atoms with Crippen molar-refractivity contribution in [1.82, 2.24) is 4.98 Å². The van der Waals surface area contributed by atoms with E-state index in [0.29, 0.717) is 0 Å². The minimum atomic E-state index is -4.19. The Kier molecular flexibility index (Phi) is 3.85. The Hall–Kier alpha value is -2.55. The molecule has 0 unspecified atom stereocenters. The van der Waals surface area contributed by atoms with E-state index in [2.05, 4.69) is 9.71 Å². The van der Waals surface area contributed by atoms with Gasteiger partial charge in [0.15, 0.2) is 4.90 Å². The number of benzene rings is 1. The summed E-state index contributed by atoms with van der Waals surface area (Å²) in [6.45, 7) is 1.45. The van der Waals surface area contributed by atoms with E-state index >= 15 is 0 Å². The highest BCUT2D eigenvalue weighted by molar-refractivity contribution is 7.93. The third-order valence-corrected chi connectivity index (χ3v) is 4.21. The van der Waals surface area contributed by atoms with E-state index in [-0.39, 0.29) is 11.3 Å². The van der Waals surface area contributed by atoms with Crippen molar-refractivity contribution < 1.29 is 17.7 Å². The molecule has 0 aliphatic rings. The Morgan fingerprint density at radius 2 is 2.00 bits per heavy atom. The van der Waals surface area contributed by atoms with Crippen LogP contribution in [0.2, 0.25) is 0 Å². The molecular formula is C12H10FN3O4S. The second-order valence-corrected chi connectivity index (χ2v) is 5.77. The van der Waals surface area contributed by atoms with Gasteiger partial charge in [0.05, 0.1) is 16.8 Å². The first-order valence-electron chi connectivity index (χ1n) is 5.69. The van der Waals surface area contributed by atoms with Crippen LogP contribution in [0.1, 0.15) is 5.56 Å². The summed E-state index contributed by atoms with van der Waals surface area (Å²) in [5.41, 5.74) is -0.293. The highest BCUT2D eigenvalue weighted by atomic mass is 32.2. The van der Waals surface area contributed by atoms with Crippen LogP contribution in [0.5, 0.6) is 0 Å². The lowest BCUT2D eigenvalue weighted by Crippen LogP contribution is -2.16. The van der Waals surface area contributed by atoms with E-state index in [0.717, 1.165) is 18.3 Å². The zero-order valence-corrected chi connectivity index (χ0v) is 11.6. The molecule has 0 aliphatic heterocycles. The SMILES string of the molecule is Cc1cccc([N+](=O)[O-])c1S(=O)(=O)Nc1ccc(F)nc1. The predicted octanol–water partition coefficient (Wildman–Crippen LogP) is 2.24. The third-order valence-electron chi connectivity index (χ3n) is 2.64. The molecule has 0 saturated heterocycles. The smallest absolute Gasteiger partial charge is 0.278 e. The molecule has 0 aliphatic carbocycles. The Bertz CT molecular complexity index is 791. The van der Waals surface area contributed by atoms with Gasteiger partial charge in [-0.3, -0.25) is 14.8 Å². The summed E-state index contributed by atoms with van der Waals surface area (Å²) in [5.74, 6) is -0.764. The lowest BCUT2D eigenvalue weighted by atomic mass is 10.2. The monoisotopic (exact) mass is 311 g/mol. The van der Waals surface area contributed by atoms with E-state index in [1.165, 1.54) is 25.1 Å². The average Bonchev–Trinajstić information content (AvgIpc) is 2.40. The molecule has 0 spiro atoms. The van der Waals surface area contributed by atoms with Gasteiger partial charge in [0.25, 0.3) is 15.7 Å². The fraction of sp³-hybridized carbons (Fsp3) is 0.0833. The van der Waals surface area contributed by atoms with Crippen molar-refractivity contribution >= 4 is 21.4 Å². The van der Waals surface area contributed by atoms with Crippen LogP contribution >= 0.6 is 0 Å². The number of pyridine rings is 1. The number of nitrogens with one attached hydrogen (secondary N) is 1. The molecule has 1 N–H and O–H groups in total. The highest BCUT2D eigenvalue weighted by Gasteiger charge is 2.27. The fourth-order valence-electron chi connectivity index (χ4n) is 1.77. The van der Waals surface area contributed by atoms with Crippen molar-refractivity contribution in [2.75, 3.05) is 4.72 Å². The topological polar surface area (TPSA) is 102 Å². The second-order valence-electron chi connectivity index (χ2n) is 4.16. The van der Waals surface area contributed by atoms with Crippen molar-refractivity contribution in [2.45, 2.75) is 11.8 Å². The van der Waals surface area contributed by atoms with Crippen molar-refractivity contribution in [1.29, 1.82) is 0 Å². The van der Waals surface area contributed by atoms with Gasteiger partial charge in [-0.05, 0) is 24.6 Å². The Morgan fingerprint density at radius 1 is 1.29 bits per heavy atom. The molecule has 0 amide bonds. The first kappa shape index (κ1) is 14.9. The lowest BCUT2D eigenvalue weighted by Gasteiger charge is -2.10. The number of hydrogen-bond donors (Lipinski definition) is 1. The molecule has 1 aromatic heterocycles. The number of halogens is 1. The minimum Gasteiger partial charge on any atom is -0.278 e. The molecular weight excluding hydrogens is 301 g/mol. The summed E-state index contributed by atoms with van der Waals surface area (Å²) >= 11 is 0. The van der Waals surface area contributed by atoms with Crippen LogP contribution in [0, 0.1) is 23.0 Å². The van der Waals surface area contributed by atoms with Crippen LogP contribution in [0.25, 0.3) is 0 Å². The molecule has 7 nitrogen and oxygen atoms in total. The molecule has 21 heavy (non-hydrogen) atoms. The Morgan fingerprint density at radius 3 is 2.57 bits per heavy atom. The summed E-state index contributed by atoms with van der Waals surface area (Å²) in [6, 6.07) is 6.09. The number of aryl methyl sites for hydroxylation is 1. The van der Waals surface area contributed by atoms with Crippen LogP contribution in [0.3, 0.4) is 0 Å². The number of anilines is 1. The van der Waals surface area contributed by atoms with E-state index in [1.54, 1.807) is 0 Å². The maximum absolute atomic E-state index is 12.7. The zero-order valence-electron chi connectivity index (χ0n) is 10.8. The molecule has 9 heteroatoms. The van der Waals surface area contributed by atoms with Crippen molar-refractivity contribution in [3.63, 3.8) is 0 Å². The molecule has 110 valence electrons. The Balaban J connectivity index is 2.49. The molecule has 0 radical (unpaired) electrons. The van der Waals surface area contributed by atoms with Gasteiger partial charge >= 0.3 is 0 Å². The van der Waals surface area contributed by atoms with E-state index in [9.17, 15) is 22.9 Å². The van der Waals surface area contributed by atoms with Crippen LogP contribution in [0.4, 0.5) is 15.8 Å². The van der Waals surface area contributed by atoms with Crippen LogP contribution in [-0.4, -0.2) is 18.3 Å². The Labute approximate surface area is 119 Å². The van der Waals surface area contributed by atoms with Gasteiger partial charge in [0.2, 0.25) is 5.95 Å². The van der Waals surface area contributed by atoms with Gasteiger partial charge in [0.1, 0.15) is 0 Å². The molecule has 1 aromatic carbocycles. The third kappa shape index (κ3) is 3.14. The highest BCUT2D eigenvalue weighted by Crippen LogP contribution is 2.28. The van der Waals surface area contributed by atoms with E-state index in [4.69, 9.17) is 0 Å². The number of nitrogens with zero attached hydrogens (tertiary/aromatic N) is 2. The molecule has 0 atom stereocenters. The van der Waals surface area contributed by atoms with Gasteiger partial charge in [-0.1, -0.05) is 12.1 Å². The first-order chi connectivity index (χ1) is 9.81. The standard InChI is InChI=1S/C12H10FN3O4S/c1-8-3-2-4-10(16(17)18)12(8)21(19,20)15-9-5-6-11(13)14-7-9/h2-7,15H,1H3. The maximum Gasteiger partial charge on any atom is 0.290 e. The zero-order chi connectivity index (χ0) is 15.6. The quantitative estimate of drug-likeness (QED) is 0.530. The summed E-state index contributed by atoms with van der Waals surface area (Å²) in [6.07, 6.45) is 0.983. The van der Waals surface area contributed by atoms with Gasteiger partial charge in [0, 0.05) is 6.07 Å². The first-order valence-corrected chi connectivity index (χ1v) is 7.18. The average molecular weight is 311 g/mol. The van der Waals surface area contributed by atoms with Crippen molar-refractivity contribution in [3.8, 4) is 0 Å². The molecule has 2 aromatic rings. The van der Waals surface area contributed by atoms with Gasteiger partial charge in [-0.15, -0.1) is 0 Å². The number of rotatable bonds is 4. The maximum atomic E-state index is 12.7. The van der Waals surface area contributed by atoms with Crippen molar-refractivity contribution in [2.24, 2.45) is 0 Å². The van der Waals surface area contributed by atoms with Gasteiger partial charge in [-0.2, -0.15) is 4.39 Å². The summed E-state index contributed by atoms with van der Waals surface area (Å²) < 4.78 is 39.4. The number of sulfonamides is 1. The minimum absolute atomic E-state index is 0.00829. The molecule has 1 heterocycles. The second kappa shape index (κ2) is 5.44. The lowest BCUT2D eigenvalue weighted by molar-refractivity contribution is -0.387. The van der Waals surface area contributed by atoms with Gasteiger partial charge < -0.3 is 0 Å². The van der Waals surface area contributed by atoms with Crippen molar-refractivity contribution in [3.05, 3.63) is 58.2 Å². The number of nitro benzene ring substituents is 1. The summed E-state index contributed by atoms with van der Waals surface area (Å²) in [4.78, 5) is 13.1. The molecule has 2 rings (SSSR count). The molecule has 0 bridgehead atoms. The normalized spacial score (nSPS) is 11.1. The summed E-state index contributed by atoms with van der Waals surface area (Å²) in [7, 11) is -4.19. The van der Waals surface area contributed by atoms with E-state index < -0.39 is 31.5 Å². The van der Waals surface area contributed by atoms with Crippen LogP contribution in [-0.2, 0) is 10.0 Å². The fourth-order valence-corrected chi connectivity index (χ4v) is 3.22. The van der Waals surface area contributed by atoms with Crippen LogP contribution in [0.15, 0.2) is 41.4 Å². The largest absolute Gasteiger partial charge is 0.290 e.